The lowest BCUT2D eigenvalue weighted by Crippen LogP contribution is -2.13. The van der Waals surface area contributed by atoms with E-state index in [0.717, 1.165) is 11.1 Å². The average Bonchev–Trinajstić information content (AvgIpc) is 2.60. The number of benzene rings is 2. The Hall–Kier alpha value is -3.39. The molecule has 3 aromatic rings. The van der Waals surface area contributed by atoms with Gasteiger partial charge >= 0.3 is 0 Å². The minimum absolute atomic E-state index is 0.00213. The van der Waals surface area contributed by atoms with E-state index in [-0.39, 0.29) is 5.69 Å². The molecule has 1 aromatic heterocycles. The highest BCUT2D eigenvalue weighted by atomic mass is 16.1. The molecule has 0 saturated carbocycles. The molecule has 118 valence electrons. The number of H-pyrrole nitrogens is 1. The van der Waals surface area contributed by atoms with E-state index in [0.29, 0.717) is 18.2 Å². The van der Waals surface area contributed by atoms with Crippen molar-refractivity contribution in [2.75, 3.05) is 5.32 Å². The van der Waals surface area contributed by atoms with E-state index in [1.165, 1.54) is 5.56 Å². The third-order valence-electron chi connectivity index (χ3n) is 3.60. The van der Waals surface area contributed by atoms with Crippen LogP contribution in [0.25, 0.3) is 16.1 Å². The zero-order chi connectivity index (χ0) is 16.9. The third-order valence-corrected chi connectivity index (χ3v) is 3.60. The summed E-state index contributed by atoms with van der Waals surface area (Å²) in [5.41, 5.74) is 2.96. The summed E-state index contributed by atoms with van der Waals surface area (Å²) in [6.45, 7) is 9.82. The largest absolute Gasteiger partial charge is 0.352 e. The summed E-state index contributed by atoms with van der Waals surface area (Å²) in [6, 6.07) is 17.3. The van der Waals surface area contributed by atoms with Gasteiger partial charge in [-0.2, -0.15) is 0 Å². The molecule has 0 unspecified atom stereocenters. The zero-order valence-electron chi connectivity index (χ0n) is 13.2. The standard InChI is InChI=1S/C19H16N4O/c1-13-7-6-8-14(11-13)12-21-19-22-16(15-9-4-3-5-10-15)17(20-2)18(24)23-19/h3-11H,12H2,1H3,(H2,21,22,23,24). The number of aromatic amines is 1. The molecule has 0 saturated heterocycles. The van der Waals surface area contributed by atoms with Crippen molar-refractivity contribution in [2.45, 2.75) is 13.5 Å². The maximum absolute atomic E-state index is 12.2. The molecule has 0 aliphatic carbocycles. The summed E-state index contributed by atoms with van der Waals surface area (Å²) < 4.78 is 0. The molecule has 0 aliphatic heterocycles. The van der Waals surface area contributed by atoms with Gasteiger partial charge in [-0.15, -0.1) is 0 Å². The molecule has 0 amide bonds. The minimum Gasteiger partial charge on any atom is -0.352 e. The fourth-order valence-electron chi connectivity index (χ4n) is 2.46. The van der Waals surface area contributed by atoms with Crippen LogP contribution in [-0.4, -0.2) is 9.97 Å². The van der Waals surface area contributed by atoms with Gasteiger partial charge in [0.25, 0.3) is 11.2 Å². The van der Waals surface area contributed by atoms with Gasteiger partial charge in [-0.3, -0.25) is 4.79 Å². The molecule has 0 atom stereocenters. The van der Waals surface area contributed by atoms with Gasteiger partial charge in [-0.05, 0) is 18.1 Å². The SMILES string of the molecule is [C-]#[N+]c1c(-c2ccccc2)nc(NCc2cccc(C)c2)[nH]c1=O. The van der Waals surface area contributed by atoms with Crippen LogP contribution < -0.4 is 10.9 Å². The average molecular weight is 316 g/mol. The third kappa shape index (κ3) is 3.33. The Labute approximate surface area is 139 Å². The van der Waals surface area contributed by atoms with E-state index in [1.54, 1.807) is 0 Å². The van der Waals surface area contributed by atoms with E-state index in [9.17, 15) is 4.79 Å². The molecule has 5 nitrogen and oxygen atoms in total. The van der Waals surface area contributed by atoms with Crippen LogP contribution in [0.3, 0.4) is 0 Å². The minimum atomic E-state index is -0.439. The quantitative estimate of drug-likeness (QED) is 0.717. The topological polar surface area (TPSA) is 62.1 Å². The van der Waals surface area contributed by atoms with Crippen LogP contribution in [-0.2, 0) is 6.54 Å². The predicted molar refractivity (Wildman–Crippen MR) is 95.1 cm³/mol. The van der Waals surface area contributed by atoms with Gasteiger partial charge in [-0.1, -0.05) is 60.2 Å². The summed E-state index contributed by atoms with van der Waals surface area (Å²) in [5, 5.41) is 3.12. The lowest BCUT2D eigenvalue weighted by Gasteiger charge is -2.09. The van der Waals surface area contributed by atoms with Crippen LogP contribution in [0, 0.1) is 13.5 Å². The van der Waals surface area contributed by atoms with Gasteiger partial charge < -0.3 is 10.3 Å². The Morgan fingerprint density at radius 1 is 1.17 bits per heavy atom. The van der Waals surface area contributed by atoms with Gasteiger partial charge in [0.1, 0.15) is 0 Å². The summed E-state index contributed by atoms with van der Waals surface area (Å²) in [5.74, 6) is 0.354. The highest BCUT2D eigenvalue weighted by molar-refractivity contribution is 5.74. The van der Waals surface area contributed by atoms with Crippen molar-refractivity contribution >= 4 is 11.6 Å². The zero-order valence-corrected chi connectivity index (χ0v) is 13.2. The number of hydrogen-bond donors (Lipinski definition) is 2. The molecule has 0 spiro atoms. The van der Waals surface area contributed by atoms with Crippen LogP contribution in [0.2, 0.25) is 0 Å². The molecule has 5 heteroatoms. The number of aryl methyl sites for hydroxylation is 1. The number of hydrogen-bond acceptors (Lipinski definition) is 3. The smallest absolute Gasteiger partial charge is 0.276 e. The summed E-state index contributed by atoms with van der Waals surface area (Å²) in [4.78, 5) is 22.6. The summed E-state index contributed by atoms with van der Waals surface area (Å²) in [6.07, 6.45) is 0. The number of anilines is 1. The van der Waals surface area contributed by atoms with Gasteiger partial charge in [0, 0.05) is 6.54 Å². The van der Waals surface area contributed by atoms with Crippen molar-refractivity contribution in [2.24, 2.45) is 0 Å². The van der Waals surface area contributed by atoms with Crippen molar-refractivity contribution < 1.29 is 0 Å². The number of nitrogens with one attached hydrogen (secondary N) is 2. The van der Waals surface area contributed by atoms with Gasteiger partial charge in [0.2, 0.25) is 5.95 Å². The van der Waals surface area contributed by atoms with Crippen molar-refractivity contribution in [3.8, 4) is 11.3 Å². The summed E-state index contributed by atoms with van der Waals surface area (Å²) >= 11 is 0. The Morgan fingerprint density at radius 2 is 1.96 bits per heavy atom. The van der Waals surface area contributed by atoms with Crippen molar-refractivity contribution in [1.29, 1.82) is 0 Å². The maximum Gasteiger partial charge on any atom is 0.276 e. The first-order chi connectivity index (χ1) is 11.7. The van der Waals surface area contributed by atoms with Crippen molar-refractivity contribution in [3.63, 3.8) is 0 Å². The van der Waals surface area contributed by atoms with Gasteiger partial charge in [-0.25, -0.2) is 9.83 Å². The second-order valence-corrected chi connectivity index (χ2v) is 5.43. The normalized spacial score (nSPS) is 10.2. The van der Waals surface area contributed by atoms with Crippen LogP contribution in [0.1, 0.15) is 11.1 Å². The maximum atomic E-state index is 12.2. The number of aromatic nitrogens is 2. The molecule has 2 aromatic carbocycles. The molecule has 2 N–H and O–H groups in total. The molecular weight excluding hydrogens is 300 g/mol. The Morgan fingerprint density at radius 3 is 2.67 bits per heavy atom. The van der Waals surface area contributed by atoms with E-state index in [1.807, 2.05) is 55.5 Å². The fraction of sp³-hybridized carbons (Fsp3) is 0.105. The predicted octanol–water partition coefficient (Wildman–Crippen LogP) is 3.91. The molecule has 24 heavy (non-hydrogen) atoms. The van der Waals surface area contributed by atoms with E-state index < -0.39 is 5.56 Å². The van der Waals surface area contributed by atoms with Crippen molar-refractivity contribution in [1.82, 2.24) is 9.97 Å². The van der Waals surface area contributed by atoms with Gasteiger partial charge in [0.05, 0.1) is 12.3 Å². The number of nitrogens with zero attached hydrogens (tertiary/aromatic N) is 2. The Bertz CT molecular complexity index is 955. The lowest BCUT2D eigenvalue weighted by molar-refractivity contribution is 1.04. The van der Waals surface area contributed by atoms with E-state index in [2.05, 4.69) is 26.2 Å². The van der Waals surface area contributed by atoms with Crippen LogP contribution in [0.15, 0.2) is 59.4 Å². The first-order valence-corrected chi connectivity index (χ1v) is 7.54. The van der Waals surface area contributed by atoms with Crippen LogP contribution in [0.5, 0.6) is 0 Å². The molecular formula is C19H16N4O. The second kappa shape index (κ2) is 6.80. The molecule has 0 aliphatic rings. The van der Waals surface area contributed by atoms with Crippen molar-refractivity contribution in [3.05, 3.63) is 87.5 Å². The molecule has 0 bridgehead atoms. The Balaban J connectivity index is 1.94. The first kappa shape index (κ1) is 15.5. The van der Waals surface area contributed by atoms with Gasteiger partial charge in [0.15, 0.2) is 0 Å². The van der Waals surface area contributed by atoms with E-state index >= 15 is 0 Å². The highest BCUT2D eigenvalue weighted by Crippen LogP contribution is 2.25. The molecule has 0 fully saturated rings. The van der Waals surface area contributed by atoms with E-state index in [4.69, 9.17) is 6.57 Å². The highest BCUT2D eigenvalue weighted by Gasteiger charge is 2.13. The monoisotopic (exact) mass is 316 g/mol. The first-order valence-electron chi connectivity index (χ1n) is 7.54. The molecule has 3 rings (SSSR count). The molecule has 0 radical (unpaired) electrons. The Kier molecular flexibility index (Phi) is 4.39. The summed E-state index contributed by atoms with van der Waals surface area (Å²) in [7, 11) is 0. The second-order valence-electron chi connectivity index (χ2n) is 5.43. The van der Waals surface area contributed by atoms with Crippen LogP contribution >= 0.6 is 0 Å². The number of rotatable bonds is 4. The fourth-order valence-corrected chi connectivity index (χ4v) is 2.46. The molecule has 1 heterocycles. The lowest BCUT2D eigenvalue weighted by atomic mass is 10.1. The van der Waals surface area contributed by atoms with Crippen LogP contribution in [0.4, 0.5) is 11.6 Å².